The summed E-state index contributed by atoms with van der Waals surface area (Å²) < 4.78 is 0.931. The van der Waals surface area contributed by atoms with Gasteiger partial charge in [-0.05, 0) is 5.56 Å². The molecule has 0 aliphatic carbocycles. The Balaban J connectivity index is 0.00000200. The highest BCUT2D eigenvalue weighted by molar-refractivity contribution is 14.0. The topological polar surface area (TPSA) is 0 Å². The van der Waals surface area contributed by atoms with E-state index in [0.29, 0.717) is 12.0 Å². The van der Waals surface area contributed by atoms with Crippen LogP contribution in [0.4, 0.5) is 0 Å². The van der Waals surface area contributed by atoms with Crippen molar-refractivity contribution in [3.63, 3.8) is 0 Å². The van der Waals surface area contributed by atoms with Crippen molar-refractivity contribution >= 4 is 24.0 Å². The molecule has 20 heavy (non-hydrogen) atoms. The molecule has 0 saturated heterocycles. The molecule has 0 aliphatic rings. The van der Waals surface area contributed by atoms with Crippen LogP contribution in [-0.4, -0.2) is 25.6 Å². The van der Waals surface area contributed by atoms with E-state index in [1.807, 2.05) is 0 Å². The summed E-state index contributed by atoms with van der Waals surface area (Å²) in [6.07, 6.45) is 0. The van der Waals surface area contributed by atoms with E-state index in [1.165, 1.54) is 11.1 Å². The van der Waals surface area contributed by atoms with Gasteiger partial charge in [-0.3, -0.25) is 0 Å². The fourth-order valence-corrected chi connectivity index (χ4v) is 3.00. The molecule has 2 heteroatoms. The molecule has 0 amide bonds. The van der Waals surface area contributed by atoms with Crippen molar-refractivity contribution in [1.82, 2.24) is 0 Å². The fourth-order valence-electron chi connectivity index (χ4n) is 3.00. The number of nitrogens with zero attached hydrogens (tertiary/aromatic N) is 1. The Labute approximate surface area is 140 Å². The SMILES string of the molecule is CC(c1ccccc1)C(c1ccccc1)[N+](C)(C)C.I. The molecule has 0 heterocycles. The van der Waals surface area contributed by atoms with Crippen LogP contribution in [0.25, 0.3) is 0 Å². The van der Waals surface area contributed by atoms with Crippen LogP contribution in [0, 0.1) is 0 Å². The molecular formula is C18H25IN+. The van der Waals surface area contributed by atoms with Gasteiger partial charge >= 0.3 is 0 Å². The Kier molecular flexibility index (Phi) is 6.21. The summed E-state index contributed by atoms with van der Waals surface area (Å²) in [6, 6.07) is 22.1. The highest BCUT2D eigenvalue weighted by atomic mass is 127. The first-order valence-electron chi connectivity index (χ1n) is 6.91. The number of benzene rings is 2. The van der Waals surface area contributed by atoms with Crippen LogP contribution in [0.2, 0.25) is 0 Å². The van der Waals surface area contributed by atoms with Gasteiger partial charge in [0.1, 0.15) is 6.04 Å². The van der Waals surface area contributed by atoms with E-state index < -0.39 is 0 Å². The Morgan fingerprint density at radius 3 is 1.50 bits per heavy atom. The zero-order chi connectivity index (χ0) is 13.9. The van der Waals surface area contributed by atoms with Gasteiger partial charge in [-0.1, -0.05) is 67.6 Å². The van der Waals surface area contributed by atoms with Crippen molar-refractivity contribution in [2.45, 2.75) is 18.9 Å². The second kappa shape index (κ2) is 7.23. The predicted molar refractivity (Wildman–Crippen MR) is 97.5 cm³/mol. The molecular weight excluding hydrogens is 357 g/mol. The second-order valence-corrected chi connectivity index (χ2v) is 6.17. The Bertz CT molecular complexity index is 502. The van der Waals surface area contributed by atoms with Crippen LogP contribution in [0.3, 0.4) is 0 Å². The average Bonchev–Trinajstić information content (AvgIpc) is 2.39. The van der Waals surface area contributed by atoms with Gasteiger partial charge in [0.05, 0.1) is 21.1 Å². The molecule has 2 atom stereocenters. The van der Waals surface area contributed by atoms with Gasteiger partial charge in [0.2, 0.25) is 0 Å². The van der Waals surface area contributed by atoms with Crippen molar-refractivity contribution < 1.29 is 4.48 Å². The van der Waals surface area contributed by atoms with Gasteiger partial charge in [-0.15, -0.1) is 24.0 Å². The van der Waals surface area contributed by atoms with Gasteiger partial charge in [-0.2, -0.15) is 0 Å². The zero-order valence-electron chi connectivity index (χ0n) is 12.8. The normalized spacial score (nSPS) is 14.2. The van der Waals surface area contributed by atoms with Crippen molar-refractivity contribution in [2.75, 3.05) is 21.1 Å². The van der Waals surface area contributed by atoms with Crippen molar-refractivity contribution in [3.8, 4) is 0 Å². The maximum absolute atomic E-state index is 2.33. The van der Waals surface area contributed by atoms with Crippen LogP contribution in [0.5, 0.6) is 0 Å². The van der Waals surface area contributed by atoms with E-state index in [0.717, 1.165) is 4.48 Å². The minimum Gasteiger partial charge on any atom is -0.324 e. The monoisotopic (exact) mass is 382 g/mol. The molecule has 0 N–H and O–H groups in total. The van der Waals surface area contributed by atoms with Gasteiger partial charge in [0.15, 0.2) is 0 Å². The summed E-state index contributed by atoms with van der Waals surface area (Å²) in [5.74, 6) is 0.489. The molecule has 108 valence electrons. The maximum atomic E-state index is 2.33. The summed E-state index contributed by atoms with van der Waals surface area (Å²) in [4.78, 5) is 0. The van der Waals surface area contributed by atoms with Crippen LogP contribution >= 0.6 is 24.0 Å². The summed E-state index contributed by atoms with van der Waals surface area (Å²) in [5.41, 5.74) is 2.82. The molecule has 2 rings (SSSR count). The Morgan fingerprint density at radius 1 is 0.700 bits per heavy atom. The Hall–Kier alpha value is -0.870. The van der Waals surface area contributed by atoms with Gasteiger partial charge < -0.3 is 4.48 Å². The molecule has 0 bridgehead atoms. The minimum atomic E-state index is 0. The lowest BCUT2D eigenvalue weighted by atomic mass is 9.87. The predicted octanol–water partition coefficient (Wildman–Crippen LogP) is 4.86. The lowest BCUT2D eigenvalue weighted by molar-refractivity contribution is -0.904. The lowest BCUT2D eigenvalue weighted by Gasteiger charge is -2.38. The number of hydrogen-bond acceptors (Lipinski definition) is 0. The molecule has 0 radical (unpaired) electrons. The average molecular weight is 382 g/mol. The number of hydrogen-bond donors (Lipinski definition) is 0. The summed E-state index contributed by atoms with van der Waals surface area (Å²) in [5, 5.41) is 0. The van der Waals surface area contributed by atoms with Crippen LogP contribution in [0.1, 0.15) is 30.0 Å². The molecule has 0 fully saturated rings. The zero-order valence-corrected chi connectivity index (χ0v) is 15.1. The van der Waals surface area contributed by atoms with Crippen LogP contribution < -0.4 is 0 Å². The molecule has 0 aromatic heterocycles. The van der Waals surface area contributed by atoms with Crippen molar-refractivity contribution in [3.05, 3.63) is 71.8 Å². The number of likely N-dealkylation sites (N-methyl/N-ethyl adjacent to an activating group) is 1. The molecule has 2 unspecified atom stereocenters. The summed E-state index contributed by atoms with van der Waals surface area (Å²) in [7, 11) is 6.82. The van der Waals surface area contributed by atoms with Gasteiger partial charge in [-0.25, -0.2) is 0 Å². The second-order valence-electron chi connectivity index (χ2n) is 6.17. The van der Waals surface area contributed by atoms with E-state index in [2.05, 4.69) is 88.7 Å². The third-order valence-corrected chi connectivity index (χ3v) is 3.77. The van der Waals surface area contributed by atoms with Crippen LogP contribution in [-0.2, 0) is 0 Å². The van der Waals surface area contributed by atoms with Gasteiger partial charge in [0, 0.05) is 11.5 Å². The van der Waals surface area contributed by atoms with Crippen molar-refractivity contribution in [1.29, 1.82) is 0 Å². The first-order chi connectivity index (χ1) is 9.00. The van der Waals surface area contributed by atoms with Crippen molar-refractivity contribution in [2.24, 2.45) is 0 Å². The largest absolute Gasteiger partial charge is 0.324 e. The van der Waals surface area contributed by atoms with E-state index in [1.54, 1.807) is 0 Å². The summed E-state index contributed by atoms with van der Waals surface area (Å²) >= 11 is 0. The molecule has 1 nitrogen and oxygen atoms in total. The maximum Gasteiger partial charge on any atom is 0.121 e. The molecule has 0 saturated carbocycles. The summed E-state index contributed by atoms with van der Waals surface area (Å²) in [6.45, 7) is 2.33. The molecule has 0 aliphatic heterocycles. The first-order valence-corrected chi connectivity index (χ1v) is 6.91. The van der Waals surface area contributed by atoms with Crippen LogP contribution in [0.15, 0.2) is 60.7 Å². The molecule has 2 aromatic rings. The van der Waals surface area contributed by atoms with E-state index >= 15 is 0 Å². The quantitative estimate of drug-likeness (QED) is 0.524. The third-order valence-electron chi connectivity index (χ3n) is 3.77. The van der Waals surface area contributed by atoms with Gasteiger partial charge in [0.25, 0.3) is 0 Å². The number of halogens is 1. The van der Waals surface area contributed by atoms with E-state index in [9.17, 15) is 0 Å². The van der Waals surface area contributed by atoms with E-state index in [4.69, 9.17) is 0 Å². The minimum absolute atomic E-state index is 0. The highest BCUT2D eigenvalue weighted by Gasteiger charge is 2.32. The molecule has 0 spiro atoms. The Morgan fingerprint density at radius 2 is 1.10 bits per heavy atom. The third kappa shape index (κ3) is 4.06. The standard InChI is InChI=1S/C18H24N.HI/c1-15(16-11-7-5-8-12-16)18(19(2,3)4)17-13-9-6-10-14-17;/h5-15,18H,1-4H3;1H/q+1;. The lowest BCUT2D eigenvalue weighted by Crippen LogP contribution is -2.41. The fraction of sp³-hybridized carbons (Fsp3) is 0.333. The smallest absolute Gasteiger partial charge is 0.121 e. The first kappa shape index (κ1) is 17.2. The highest BCUT2D eigenvalue weighted by Crippen LogP contribution is 2.37. The number of quaternary nitrogens is 1. The van der Waals surface area contributed by atoms with E-state index in [-0.39, 0.29) is 24.0 Å². The molecule has 2 aromatic carbocycles. The number of rotatable bonds is 4.